The van der Waals surface area contributed by atoms with E-state index in [-0.39, 0.29) is 10.5 Å². The van der Waals surface area contributed by atoms with Gasteiger partial charge in [0.15, 0.2) is 0 Å². The van der Waals surface area contributed by atoms with E-state index in [1.54, 1.807) is 0 Å². The van der Waals surface area contributed by atoms with Crippen LogP contribution in [-0.2, 0) is 16.2 Å². The normalized spacial score (nSPS) is 12.0. The van der Waals surface area contributed by atoms with Crippen molar-refractivity contribution in [1.29, 1.82) is 0 Å². The van der Waals surface area contributed by atoms with Crippen LogP contribution in [0.1, 0.15) is 15.9 Å². The summed E-state index contributed by atoms with van der Waals surface area (Å²) in [6.07, 6.45) is -4.62. The first kappa shape index (κ1) is 18.0. The Morgan fingerprint density at radius 3 is 2.33 bits per heavy atom. The summed E-state index contributed by atoms with van der Waals surface area (Å²) in [6.45, 7) is 0. The highest BCUT2D eigenvalue weighted by Gasteiger charge is 2.33. The van der Waals surface area contributed by atoms with Crippen LogP contribution in [0.2, 0.25) is 0 Å². The molecular formula is C15H13F3N2O3S. The van der Waals surface area contributed by atoms with E-state index in [0.29, 0.717) is 0 Å². The minimum absolute atomic E-state index is 0.0803. The predicted molar refractivity (Wildman–Crippen MR) is 82.1 cm³/mol. The van der Waals surface area contributed by atoms with Gasteiger partial charge in [-0.15, -0.1) is 0 Å². The Morgan fingerprint density at radius 1 is 1.04 bits per heavy atom. The minimum Gasteiger partial charge on any atom is -0.321 e. The maximum atomic E-state index is 12.9. The molecular weight excluding hydrogens is 345 g/mol. The highest BCUT2D eigenvalue weighted by molar-refractivity contribution is 7.89. The number of hydrogen-bond donors (Lipinski definition) is 2. The van der Waals surface area contributed by atoms with Gasteiger partial charge in [0.1, 0.15) is 0 Å². The molecule has 0 saturated heterocycles. The zero-order valence-electron chi connectivity index (χ0n) is 12.4. The van der Waals surface area contributed by atoms with E-state index < -0.39 is 33.4 Å². The van der Waals surface area contributed by atoms with E-state index in [1.165, 1.54) is 37.4 Å². The molecule has 0 heterocycles. The number of alkyl halides is 3. The first-order valence-corrected chi connectivity index (χ1v) is 8.14. The number of sulfonamides is 1. The number of rotatable bonds is 4. The van der Waals surface area contributed by atoms with Crippen molar-refractivity contribution in [2.45, 2.75) is 11.1 Å². The van der Waals surface area contributed by atoms with Gasteiger partial charge in [0.05, 0.1) is 16.1 Å². The lowest BCUT2D eigenvalue weighted by atomic mass is 10.1. The van der Waals surface area contributed by atoms with Crippen LogP contribution in [0.25, 0.3) is 0 Å². The lowest BCUT2D eigenvalue weighted by molar-refractivity contribution is -0.136. The summed E-state index contributed by atoms with van der Waals surface area (Å²) in [6, 6.07) is 9.51. The third kappa shape index (κ3) is 3.92. The lowest BCUT2D eigenvalue weighted by Gasteiger charge is -2.13. The number of anilines is 1. The summed E-state index contributed by atoms with van der Waals surface area (Å²) < 4.78 is 64.3. The molecule has 0 spiro atoms. The fourth-order valence-corrected chi connectivity index (χ4v) is 2.73. The monoisotopic (exact) mass is 358 g/mol. The predicted octanol–water partition coefficient (Wildman–Crippen LogP) is 2.87. The Labute approximate surface area is 136 Å². The molecule has 9 heteroatoms. The summed E-state index contributed by atoms with van der Waals surface area (Å²) in [5.41, 5.74) is -1.47. The van der Waals surface area contributed by atoms with Gasteiger partial charge in [-0.3, -0.25) is 4.79 Å². The highest BCUT2D eigenvalue weighted by atomic mass is 32.2. The molecule has 0 unspecified atom stereocenters. The van der Waals surface area contributed by atoms with Gasteiger partial charge in [0.25, 0.3) is 5.91 Å². The standard InChI is InChI=1S/C15H13F3N2O3S/c1-19-24(22,23)11-6-4-5-10(9-11)14(21)20-13-8-3-2-7-12(13)15(16,17)18/h2-9,19H,1H3,(H,20,21). The van der Waals surface area contributed by atoms with Crippen molar-refractivity contribution in [2.24, 2.45) is 0 Å². The number of carbonyl (C=O) groups excluding carboxylic acids is 1. The van der Waals surface area contributed by atoms with Crippen LogP contribution in [0.4, 0.5) is 18.9 Å². The molecule has 2 aromatic carbocycles. The zero-order valence-corrected chi connectivity index (χ0v) is 13.2. The molecule has 0 bridgehead atoms. The van der Waals surface area contributed by atoms with Gasteiger partial charge in [-0.1, -0.05) is 18.2 Å². The number of hydrogen-bond acceptors (Lipinski definition) is 3. The molecule has 0 fully saturated rings. The third-order valence-electron chi connectivity index (χ3n) is 3.16. The molecule has 1 amide bonds. The van der Waals surface area contributed by atoms with Crippen molar-refractivity contribution in [1.82, 2.24) is 4.72 Å². The van der Waals surface area contributed by atoms with Gasteiger partial charge >= 0.3 is 6.18 Å². The van der Waals surface area contributed by atoms with Crippen LogP contribution in [0.15, 0.2) is 53.4 Å². The van der Waals surface area contributed by atoms with Gasteiger partial charge in [-0.2, -0.15) is 13.2 Å². The first-order valence-electron chi connectivity index (χ1n) is 6.66. The number of amides is 1. The smallest absolute Gasteiger partial charge is 0.321 e. The van der Waals surface area contributed by atoms with E-state index in [0.717, 1.165) is 18.2 Å². The van der Waals surface area contributed by atoms with Gasteiger partial charge < -0.3 is 5.32 Å². The molecule has 0 aliphatic heterocycles. The van der Waals surface area contributed by atoms with E-state index in [4.69, 9.17) is 0 Å². The Kier molecular flexibility index (Phi) is 4.95. The molecule has 5 nitrogen and oxygen atoms in total. The molecule has 0 atom stereocenters. The first-order chi connectivity index (χ1) is 11.1. The zero-order chi connectivity index (χ0) is 18.0. The fourth-order valence-electron chi connectivity index (χ4n) is 1.96. The number of nitrogens with one attached hydrogen (secondary N) is 2. The quantitative estimate of drug-likeness (QED) is 0.883. The Balaban J connectivity index is 2.34. The number of carbonyl (C=O) groups is 1. The Hall–Kier alpha value is -2.39. The summed E-state index contributed by atoms with van der Waals surface area (Å²) in [4.78, 5) is 12.0. The Bertz CT molecular complexity index is 864. The van der Waals surface area contributed by atoms with Gasteiger partial charge in [0, 0.05) is 5.56 Å². The summed E-state index contributed by atoms with van der Waals surface area (Å²) >= 11 is 0. The lowest BCUT2D eigenvalue weighted by Crippen LogP contribution is -2.20. The summed E-state index contributed by atoms with van der Waals surface area (Å²) in [5, 5.41) is 2.16. The summed E-state index contributed by atoms with van der Waals surface area (Å²) in [7, 11) is -2.56. The van der Waals surface area contributed by atoms with Crippen molar-refractivity contribution in [3.05, 3.63) is 59.7 Å². The topological polar surface area (TPSA) is 75.3 Å². The fraction of sp³-hybridized carbons (Fsp3) is 0.133. The second-order valence-corrected chi connectivity index (χ2v) is 6.62. The molecule has 128 valence electrons. The maximum absolute atomic E-state index is 12.9. The molecule has 0 aliphatic carbocycles. The molecule has 0 radical (unpaired) electrons. The van der Waals surface area contributed by atoms with Crippen LogP contribution in [0.5, 0.6) is 0 Å². The van der Waals surface area contributed by atoms with Gasteiger partial charge in [-0.05, 0) is 37.4 Å². The average molecular weight is 358 g/mol. The molecule has 2 rings (SSSR count). The second kappa shape index (κ2) is 6.62. The van der Waals surface area contributed by atoms with Crippen molar-refractivity contribution in [3.8, 4) is 0 Å². The SMILES string of the molecule is CNS(=O)(=O)c1cccc(C(=O)Nc2ccccc2C(F)(F)F)c1. The summed E-state index contributed by atoms with van der Waals surface area (Å²) in [5.74, 6) is -0.847. The molecule has 0 aromatic heterocycles. The van der Waals surface area contributed by atoms with E-state index in [1.807, 2.05) is 0 Å². The maximum Gasteiger partial charge on any atom is 0.418 e. The van der Waals surface area contributed by atoms with Gasteiger partial charge in [0.2, 0.25) is 10.0 Å². The second-order valence-electron chi connectivity index (χ2n) is 4.73. The third-order valence-corrected chi connectivity index (χ3v) is 4.57. The van der Waals surface area contributed by atoms with Crippen molar-refractivity contribution < 1.29 is 26.4 Å². The Morgan fingerprint density at radius 2 is 1.71 bits per heavy atom. The van der Waals surface area contributed by atoms with Crippen molar-refractivity contribution in [3.63, 3.8) is 0 Å². The van der Waals surface area contributed by atoms with Gasteiger partial charge in [-0.25, -0.2) is 13.1 Å². The van der Waals surface area contributed by atoms with Crippen LogP contribution < -0.4 is 10.0 Å². The largest absolute Gasteiger partial charge is 0.418 e. The van der Waals surface area contributed by atoms with E-state index in [2.05, 4.69) is 10.0 Å². The number of benzene rings is 2. The number of halogens is 3. The van der Waals surface area contributed by atoms with Crippen LogP contribution in [-0.4, -0.2) is 21.4 Å². The van der Waals surface area contributed by atoms with Crippen LogP contribution in [0.3, 0.4) is 0 Å². The van der Waals surface area contributed by atoms with Crippen LogP contribution in [0, 0.1) is 0 Å². The molecule has 24 heavy (non-hydrogen) atoms. The molecule has 2 aromatic rings. The minimum atomic E-state index is -4.62. The van der Waals surface area contributed by atoms with E-state index in [9.17, 15) is 26.4 Å². The van der Waals surface area contributed by atoms with Crippen LogP contribution >= 0.6 is 0 Å². The average Bonchev–Trinajstić information content (AvgIpc) is 2.54. The molecule has 2 N–H and O–H groups in total. The molecule has 0 saturated carbocycles. The number of para-hydroxylation sites is 1. The van der Waals surface area contributed by atoms with E-state index >= 15 is 0 Å². The molecule has 0 aliphatic rings. The van der Waals surface area contributed by atoms with Crippen molar-refractivity contribution in [2.75, 3.05) is 12.4 Å². The van der Waals surface area contributed by atoms with Crippen molar-refractivity contribution >= 4 is 21.6 Å². The highest BCUT2D eigenvalue weighted by Crippen LogP contribution is 2.34.